The van der Waals surface area contributed by atoms with Crippen LogP contribution in [0, 0.1) is 12.7 Å². The third-order valence-corrected chi connectivity index (χ3v) is 4.46. The van der Waals surface area contributed by atoms with Gasteiger partial charge >= 0.3 is 0 Å². The van der Waals surface area contributed by atoms with Gasteiger partial charge in [0.15, 0.2) is 0 Å². The van der Waals surface area contributed by atoms with Crippen molar-refractivity contribution >= 4 is 16.9 Å². The van der Waals surface area contributed by atoms with E-state index in [1.165, 1.54) is 12.1 Å². The highest BCUT2D eigenvalue weighted by Crippen LogP contribution is 2.16. The number of halogens is 1. The molecular weight excluding hydrogens is 317 g/mol. The lowest BCUT2D eigenvalue weighted by atomic mass is 10.1. The number of amides is 1. The summed E-state index contributed by atoms with van der Waals surface area (Å²) in [6, 6.07) is 12.5. The van der Waals surface area contributed by atoms with E-state index >= 15 is 0 Å². The summed E-state index contributed by atoms with van der Waals surface area (Å²) in [5.74, 6) is 0.744. The summed E-state index contributed by atoms with van der Waals surface area (Å²) in [6.45, 7) is 2.58. The summed E-state index contributed by atoms with van der Waals surface area (Å²) in [6.07, 6.45) is 1.79. The molecule has 0 bridgehead atoms. The first-order valence-electron chi connectivity index (χ1n) is 8.46. The highest BCUT2D eigenvalue weighted by molar-refractivity contribution is 5.77. The Kier molecular flexibility index (Phi) is 5.12. The summed E-state index contributed by atoms with van der Waals surface area (Å²) in [4.78, 5) is 16.5. The van der Waals surface area contributed by atoms with E-state index in [2.05, 4.69) is 33.1 Å². The Balaban J connectivity index is 1.47. The average Bonchev–Trinajstić information content (AvgIpc) is 2.88. The van der Waals surface area contributed by atoms with Crippen molar-refractivity contribution < 1.29 is 9.18 Å². The highest BCUT2D eigenvalue weighted by atomic mass is 19.1. The first-order chi connectivity index (χ1) is 12.0. The Bertz CT molecular complexity index is 884. The van der Waals surface area contributed by atoms with Crippen LogP contribution >= 0.6 is 0 Å². The van der Waals surface area contributed by atoms with Crippen molar-refractivity contribution in [3.05, 3.63) is 65.2 Å². The van der Waals surface area contributed by atoms with Crippen molar-refractivity contribution in [3.63, 3.8) is 0 Å². The van der Waals surface area contributed by atoms with Crippen LogP contribution in [0.25, 0.3) is 11.0 Å². The van der Waals surface area contributed by atoms with Gasteiger partial charge in [-0.05, 0) is 55.2 Å². The van der Waals surface area contributed by atoms with Crippen LogP contribution in [0.4, 0.5) is 4.39 Å². The summed E-state index contributed by atoms with van der Waals surface area (Å²) in [5, 5.41) is 2.94. The highest BCUT2D eigenvalue weighted by Gasteiger charge is 2.06. The lowest BCUT2D eigenvalue weighted by molar-refractivity contribution is -0.121. The lowest BCUT2D eigenvalue weighted by Crippen LogP contribution is -2.25. The molecule has 0 spiro atoms. The average molecular weight is 339 g/mol. The van der Waals surface area contributed by atoms with Gasteiger partial charge in [-0.25, -0.2) is 9.37 Å². The largest absolute Gasteiger partial charge is 0.356 e. The van der Waals surface area contributed by atoms with Crippen molar-refractivity contribution in [1.29, 1.82) is 0 Å². The first kappa shape index (κ1) is 17.1. The second-order valence-corrected chi connectivity index (χ2v) is 6.27. The molecule has 5 heteroatoms. The van der Waals surface area contributed by atoms with E-state index in [0.717, 1.165) is 34.4 Å². The lowest BCUT2D eigenvalue weighted by Gasteiger charge is -2.06. The number of rotatable bonds is 6. The quantitative estimate of drug-likeness (QED) is 0.749. The number of nitrogens with one attached hydrogen (secondary N) is 1. The predicted octanol–water partition coefficient (Wildman–Crippen LogP) is 3.31. The van der Waals surface area contributed by atoms with Gasteiger partial charge in [0.1, 0.15) is 11.6 Å². The van der Waals surface area contributed by atoms with Gasteiger partial charge in [-0.2, -0.15) is 0 Å². The fourth-order valence-electron chi connectivity index (χ4n) is 2.86. The number of benzene rings is 2. The molecule has 3 rings (SSSR count). The van der Waals surface area contributed by atoms with Crippen LogP contribution in [0.5, 0.6) is 0 Å². The van der Waals surface area contributed by atoms with Crippen molar-refractivity contribution in [2.75, 3.05) is 6.54 Å². The van der Waals surface area contributed by atoms with Crippen LogP contribution in [0.1, 0.15) is 23.4 Å². The molecule has 0 aliphatic rings. The van der Waals surface area contributed by atoms with Gasteiger partial charge in [-0.3, -0.25) is 4.79 Å². The minimum atomic E-state index is -0.256. The van der Waals surface area contributed by atoms with E-state index in [1.807, 2.05) is 14.0 Å². The molecule has 0 atom stereocenters. The van der Waals surface area contributed by atoms with E-state index < -0.39 is 0 Å². The molecule has 1 N–H and O–H groups in total. The maximum absolute atomic E-state index is 12.8. The van der Waals surface area contributed by atoms with E-state index in [1.54, 1.807) is 12.1 Å². The second-order valence-electron chi connectivity index (χ2n) is 6.27. The van der Waals surface area contributed by atoms with Crippen LogP contribution in [-0.4, -0.2) is 22.0 Å². The molecule has 0 fully saturated rings. The number of fused-ring (bicyclic) bond motifs is 1. The number of nitrogens with zero attached hydrogens (tertiary/aromatic N) is 2. The van der Waals surface area contributed by atoms with Gasteiger partial charge in [0.2, 0.25) is 5.91 Å². The predicted molar refractivity (Wildman–Crippen MR) is 96.9 cm³/mol. The number of hydrogen-bond donors (Lipinski definition) is 1. The standard InChI is InChI=1S/C20H22FN3O/c1-14-23-18-13-16(5-9-19(18)24(14)2)11-12-22-20(25)10-6-15-3-7-17(21)8-4-15/h3-5,7-9,13H,6,10-12H2,1-2H3,(H,22,25). The Labute approximate surface area is 146 Å². The second kappa shape index (κ2) is 7.47. The molecule has 0 aliphatic heterocycles. The van der Waals surface area contributed by atoms with Crippen LogP contribution in [0.2, 0.25) is 0 Å². The molecule has 130 valence electrons. The molecule has 0 unspecified atom stereocenters. The maximum atomic E-state index is 12.8. The monoisotopic (exact) mass is 339 g/mol. The number of imidazole rings is 1. The minimum Gasteiger partial charge on any atom is -0.356 e. The van der Waals surface area contributed by atoms with E-state index in [0.29, 0.717) is 19.4 Å². The van der Waals surface area contributed by atoms with Crippen molar-refractivity contribution in [2.45, 2.75) is 26.2 Å². The van der Waals surface area contributed by atoms with Crippen molar-refractivity contribution in [2.24, 2.45) is 7.05 Å². The fourth-order valence-corrected chi connectivity index (χ4v) is 2.86. The molecular formula is C20H22FN3O. The van der Waals surface area contributed by atoms with Crippen LogP contribution in [0.15, 0.2) is 42.5 Å². The molecule has 2 aromatic carbocycles. The third-order valence-electron chi connectivity index (χ3n) is 4.46. The molecule has 0 radical (unpaired) electrons. The maximum Gasteiger partial charge on any atom is 0.220 e. The number of carbonyl (C=O) groups excluding carboxylic acids is 1. The fraction of sp³-hybridized carbons (Fsp3) is 0.300. The zero-order valence-corrected chi connectivity index (χ0v) is 14.6. The Hall–Kier alpha value is -2.69. The molecule has 0 saturated heterocycles. The topological polar surface area (TPSA) is 46.9 Å². The minimum absolute atomic E-state index is 0.0130. The summed E-state index contributed by atoms with van der Waals surface area (Å²) >= 11 is 0. The number of hydrogen-bond acceptors (Lipinski definition) is 2. The summed E-state index contributed by atoms with van der Waals surface area (Å²) in [5.41, 5.74) is 4.22. The first-order valence-corrected chi connectivity index (χ1v) is 8.46. The zero-order chi connectivity index (χ0) is 17.8. The van der Waals surface area contributed by atoms with Crippen LogP contribution < -0.4 is 5.32 Å². The van der Waals surface area contributed by atoms with Crippen molar-refractivity contribution in [1.82, 2.24) is 14.9 Å². The van der Waals surface area contributed by atoms with E-state index in [9.17, 15) is 9.18 Å². The molecule has 0 aliphatic carbocycles. The normalized spacial score (nSPS) is 11.0. The van der Waals surface area contributed by atoms with Gasteiger partial charge in [0.25, 0.3) is 0 Å². The van der Waals surface area contributed by atoms with Gasteiger partial charge in [-0.15, -0.1) is 0 Å². The Morgan fingerprint density at radius 3 is 2.60 bits per heavy atom. The van der Waals surface area contributed by atoms with E-state index in [-0.39, 0.29) is 11.7 Å². The molecule has 3 aromatic rings. The summed E-state index contributed by atoms with van der Waals surface area (Å²) in [7, 11) is 2.01. The van der Waals surface area contributed by atoms with Gasteiger partial charge in [0, 0.05) is 20.0 Å². The SMILES string of the molecule is Cc1nc2cc(CCNC(=O)CCc3ccc(F)cc3)ccc2n1C. The molecule has 4 nitrogen and oxygen atoms in total. The molecule has 0 saturated carbocycles. The van der Waals surface area contributed by atoms with Crippen molar-refractivity contribution in [3.8, 4) is 0 Å². The Morgan fingerprint density at radius 2 is 1.84 bits per heavy atom. The number of aryl methyl sites for hydroxylation is 3. The molecule has 25 heavy (non-hydrogen) atoms. The number of aromatic nitrogens is 2. The molecule has 1 aromatic heterocycles. The molecule has 1 amide bonds. The van der Waals surface area contributed by atoms with Gasteiger partial charge in [0.05, 0.1) is 11.0 Å². The summed E-state index contributed by atoms with van der Waals surface area (Å²) < 4.78 is 14.9. The van der Waals surface area contributed by atoms with E-state index in [4.69, 9.17) is 0 Å². The third kappa shape index (κ3) is 4.24. The Morgan fingerprint density at radius 1 is 1.12 bits per heavy atom. The van der Waals surface area contributed by atoms with Gasteiger partial charge < -0.3 is 9.88 Å². The molecule has 1 heterocycles. The van der Waals surface area contributed by atoms with Gasteiger partial charge in [-0.1, -0.05) is 18.2 Å². The number of carbonyl (C=O) groups is 1. The van der Waals surface area contributed by atoms with Crippen LogP contribution in [0.3, 0.4) is 0 Å². The zero-order valence-electron chi connectivity index (χ0n) is 14.6. The smallest absolute Gasteiger partial charge is 0.220 e. The van der Waals surface area contributed by atoms with Crippen LogP contribution in [-0.2, 0) is 24.7 Å².